The number of aliphatic hydroxyl groups excluding tert-OH is 1. The second-order valence-electron chi connectivity index (χ2n) is 6.21. The average molecular weight is 334 g/mol. The first-order valence-electron chi connectivity index (χ1n) is 8.49. The maximum Gasteiger partial charge on any atom is 0.220 e. The van der Waals surface area contributed by atoms with Gasteiger partial charge in [-0.2, -0.15) is 0 Å². The highest BCUT2D eigenvalue weighted by molar-refractivity contribution is 5.85. The normalized spacial score (nSPS) is 13.4. The molecule has 0 bridgehead atoms. The molecule has 0 saturated carbocycles. The lowest BCUT2D eigenvalue weighted by Crippen LogP contribution is -2.35. The van der Waals surface area contributed by atoms with Gasteiger partial charge >= 0.3 is 0 Å². The highest BCUT2D eigenvalue weighted by atomic mass is 16.3. The average Bonchev–Trinajstić information content (AvgIpc) is 2.65. The van der Waals surface area contributed by atoms with E-state index in [2.05, 4.69) is 10.3 Å². The van der Waals surface area contributed by atoms with Crippen molar-refractivity contribution in [2.45, 2.75) is 31.9 Å². The first-order valence-corrected chi connectivity index (χ1v) is 8.49. The lowest BCUT2D eigenvalue weighted by atomic mass is 10.0. The van der Waals surface area contributed by atoms with Crippen molar-refractivity contribution in [3.05, 3.63) is 78.1 Å². The summed E-state index contributed by atoms with van der Waals surface area (Å²) in [5.74, 6) is -0.0687. The van der Waals surface area contributed by atoms with Gasteiger partial charge in [0.05, 0.1) is 12.1 Å². The molecular weight excluding hydrogens is 312 g/mol. The summed E-state index contributed by atoms with van der Waals surface area (Å²) in [5, 5.41) is 15.2. The van der Waals surface area contributed by atoms with Crippen LogP contribution in [0.4, 0.5) is 0 Å². The molecule has 2 unspecified atom stereocenters. The number of nitrogens with one attached hydrogen (secondary N) is 1. The van der Waals surface area contributed by atoms with Crippen molar-refractivity contribution in [2.75, 3.05) is 0 Å². The number of aromatic nitrogens is 1. The quantitative estimate of drug-likeness (QED) is 0.726. The van der Waals surface area contributed by atoms with Crippen molar-refractivity contribution in [3.8, 4) is 0 Å². The number of amides is 1. The number of carbonyl (C=O) groups is 1. The van der Waals surface area contributed by atoms with Crippen molar-refractivity contribution < 1.29 is 9.90 Å². The Balaban J connectivity index is 1.67. The number of pyridine rings is 1. The maximum absolute atomic E-state index is 12.4. The zero-order chi connectivity index (χ0) is 17.6. The molecule has 0 fully saturated rings. The molecule has 1 heterocycles. The Labute approximate surface area is 147 Å². The highest BCUT2D eigenvalue weighted by Gasteiger charge is 2.19. The molecule has 0 aliphatic heterocycles. The molecule has 25 heavy (non-hydrogen) atoms. The number of carbonyl (C=O) groups excluding carboxylic acids is 1. The Morgan fingerprint density at radius 2 is 1.92 bits per heavy atom. The van der Waals surface area contributed by atoms with Gasteiger partial charge < -0.3 is 10.4 Å². The number of hydrogen-bond acceptors (Lipinski definition) is 3. The molecule has 0 aliphatic rings. The first kappa shape index (κ1) is 17.1. The predicted molar refractivity (Wildman–Crippen MR) is 99.1 cm³/mol. The van der Waals surface area contributed by atoms with E-state index in [0.29, 0.717) is 12.8 Å². The highest BCUT2D eigenvalue weighted by Crippen LogP contribution is 2.20. The van der Waals surface area contributed by atoms with Crippen LogP contribution in [0.3, 0.4) is 0 Å². The van der Waals surface area contributed by atoms with Crippen LogP contribution < -0.4 is 5.32 Å². The van der Waals surface area contributed by atoms with Crippen molar-refractivity contribution >= 4 is 16.7 Å². The predicted octanol–water partition coefficient (Wildman–Crippen LogP) is 3.41. The monoisotopic (exact) mass is 334 g/mol. The minimum Gasteiger partial charge on any atom is -0.391 e. The molecule has 0 saturated heterocycles. The van der Waals surface area contributed by atoms with Gasteiger partial charge in [-0.3, -0.25) is 9.78 Å². The Morgan fingerprint density at radius 1 is 1.12 bits per heavy atom. The SMILES string of the molecule is CC(O)C(NC(=O)CCc1cccc2cnccc12)c1ccccc1. The fourth-order valence-electron chi connectivity index (χ4n) is 3.04. The van der Waals surface area contributed by atoms with Crippen LogP contribution in [0.5, 0.6) is 0 Å². The summed E-state index contributed by atoms with van der Waals surface area (Å²) in [6.45, 7) is 1.69. The van der Waals surface area contributed by atoms with E-state index < -0.39 is 12.1 Å². The molecule has 128 valence electrons. The standard InChI is InChI=1S/C21H22N2O2/c1-15(24)21(17-6-3-2-4-7-17)23-20(25)11-10-16-8-5-9-18-14-22-13-12-19(16)18/h2-9,12-15,21,24H,10-11H2,1H3,(H,23,25). The molecule has 2 N–H and O–H groups in total. The Morgan fingerprint density at radius 3 is 2.68 bits per heavy atom. The van der Waals surface area contributed by atoms with E-state index in [0.717, 1.165) is 21.9 Å². The number of benzene rings is 2. The van der Waals surface area contributed by atoms with Gasteiger partial charge in [0.2, 0.25) is 5.91 Å². The minimum atomic E-state index is -0.657. The Bertz CT molecular complexity index is 841. The maximum atomic E-state index is 12.4. The van der Waals surface area contributed by atoms with E-state index in [4.69, 9.17) is 0 Å². The number of nitrogens with zero attached hydrogens (tertiary/aromatic N) is 1. The second kappa shape index (κ2) is 7.90. The number of aryl methyl sites for hydroxylation is 1. The van der Waals surface area contributed by atoms with Gasteiger partial charge in [0.25, 0.3) is 0 Å². The van der Waals surface area contributed by atoms with E-state index in [1.54, 1.807) is 13.1 Å². The number of aliphatic hydroxyl groups is 1. The van der Waals surface area contributed by atoms with E-state index in [-0.39, 0.29) is 5.91 Å². The zero-order valence-corrected chi connectivity index (χ0v) is 14.2. The smallest absolute Gasteiger partial charge is 0.220 e. The molecule has 0 aliphatic carbocycles. The zero-order valence-electron chi connectivity index (χ0n) is 14.2. The lowest BCUT2D eigenvalue weighted by Gasteiger charge is -2.22. The van der Waals surface area contributed by atoms with Gasteiger partial charge in [0.15, 0.2) is 0 Å². The Hall–Kier alpha value is -2.72. The van der Waals surface area contributed by atoms with E-state index in [9.17, 15) is 9.90 Å². The van der Waals surface area contributed by atoms with Crippen LogP contribution in [0.25, 0.3) is 10.8 Å². The van der Waals surface area contributed by atoms with Crippen LogP contribution in [0.15, 0.2) is 67.0 Å². The van der Waals surface area contributed by atoms with Crippen LogP contribution in [-0.4, -0.2) is 22.1 Å². The van der Waals surface area contributed by atoms with Crippen molar-refractivity contribution in [2.24, 2.45) is 0 Å². The van der Waals surface area contributed by atoms with Gasteiger partial charge in [-0.25, -0.2) is 0 Å². The van der Waals surface area contributed by atoms with Gasteiger partial charge in [-0.15, -0.1) is 0 Å². The number of hydrogen-bond donors (Lipinski definition) is 2. The molecule has 0 radical (unpaired) electrons. The third-order valence-corrected chi connectivity index (χ3v) is 4.35. The largest absolute Gasteiger partial charge is 0.391 e. The van der Waals surface area contributed by atoms with Crippen molar-refractivity contribution in [1.29, 1.82) is 0 Å². The van der Waals surface area contributed by atoms with Crippen LogP contribution in [-0.2, 0) is 11.2 Å². The van der Waals surface area contributed by atoms with Gasteiger partial charge in [-0.1, -0.05) is 48.5 Å². The first-order chi connectivity index (χ1) is 12.1. The summed E-state index contributed by atoms with van der Waals surface area (Å²) in [5.41, 5.74) is 2.03. The summed E-state index contributed by atoms with van der Waals surface area (Å²) in [6.07, 6.45) is 3.96. The second-order valence-corrected chi connectivity index (χ2v) is 6.21. The fourth-order valence-corrected chi connectivity index (χ4v) is 3.04. The van der Waals surface area contributed by atoms with Crippen molar-refractivity contribution in [3.63, 3.8) is 0 Å². The van der Waals surface area contributed by atoms with Crippen LogP contribution in [0.1, 0.15) is 30.5 Å². The topological polar surface area (TPSA) is 62.2 Å². The summed E-state index contributed by atoms with van der Waals surface area (Å²) in [7, 11) is 0. The molecule has 4 nitrogen and oxygen atoms in total. The third-order valence-electron chi connectivity index (χ3n) is 4.35. The Kier molecular flexibility index (Phi) is 5.41. The molecule has 3 aromatic rings. The van der Waals surface area contributed by atoms with Crippen LogP contribution >= 0.6 is 0 Å². The van der Waals surface area contributed by atoms with Crippen molar-refractivity contribution in [1.82, 2.24) is 10.3 Å². The van der Waals surface area contributed by atoms with Gasteiger partial charge in [-0.05, 0) is 35.9 Å². The third kappa shape index (κ3) is 4.22. The van der Waals surface area contributed by atoms with Crippen LogP contribution in [0.2, 0.25) is 0 Å². The molecule has 3 rings (SSSR count). The molecule has 2 aromatic carbocycles. The summed E-state index contributed by atoms with van der Waals surface area (Å²) in [6, 6.07) is 17.2. The van der Waals surface area contributed by atoms with Gasteiger partial charge in [0, 0.05) is 24.2 Å². The number of fused-ring (bicyclic) bond motifs is 1. The summed E-state index contributed by atoms with van der Waals surface area (Å²) in [4.78, 5) is 16.5. The molecular formula is C21H22N2O2. The number of rotatable bonds is 6. The van der Waals surface area contributed by atoms with E-state index >= 15 is 0 Å². The summed E-state index contributed by atoms with van der Waals surface area (Å²) >= 11 is 0. The minimum absolute atomic E-state index is 0.0687. The van der Waals surface area contributed by atoms with E-state index in [1.165, 1.54) is 0 Å². The van der Waals surface area contributed by atoms with Gasteiger partial charge in [0.1, 0.15) is 0 Å². The van der Waals surface area contributed by atoms with E-state index in [1.807, 2.05) is 60.8 Å². The molecule has 1 amide bonds. The van der Waals surface area contributed by atoms with Crippen LogP contribution in [0, 0.1) is 0 Å². The molecule has 1 aromatic heterocycles. The lowest BCUT2D eigenvalue weighted by molar-refractivity contribution is -0.122. The fraction of sp³-hybridized carbons (Fsp3) is 0.238. The molecule has 0 spiro atoms. The molecule has 4 heteroatoms. The molecule has 2 atom stereocenters. The summed E-state index contributed by atoms with van der Waals surface area (Å²) < 4.78 is 0.